The van der Waals surface area contributed by atoms with Crippen molar-refractivity contribution < 1.29 is 4.79 Å². The summed E-state index contributed by atoms with van der Waals surface area (Å²) in [5.74, 6) is -0.475. The van der Waals surface area contributed by atoms with Gasteiger partial charge in [-0.05, 0) is 23.6 Å². The van der Waals surface area contributed by atoms with Gasteiger partial charge in [0.2, 0.25) is 0 Å². The second-order valence-corrected chi connectivity index (χ2v) is 4.31. The summed E-state index contributed by atoms with van der Waals surface area (Å²) in [4.78, 5) is 15.2. The van der Waals surface area contributed by atoms with Crippen molar-refractivity contribution in [2.45, 2.75) is 19.9 Å². The van der Waals surface area contributed by atoms with Crippen molar-refractivity contribution in [2.75, 3.05) is 5.32 Å². The first-order valence-corrected chi connectivity index (χ1v) is 6.26. The number of aryl methyl sites for hydroxylation is 1. The minimum Gasteiger partial charge on any atom is -0.380 e. The SMILES string of the molecule is CCc1ccc(CNc2ccncc2C(N)=O)cc1. The number of nitrogens with zero attached hydrogens (tertiary/aromatic N) is 1. The monoisotopic (exact) mass is 255 g/mol. The lowest BCUT2D eigenvalue weighted by Gasteiger charge is -2.09. The number of benzene rings is 1. The average molecular weight is 255 g/mol. The molecule has 4 heteroatoms. The number of rotatable bonds is 5. The molecule has 0 spiro atoms. The van der Waals surface area contributed by atoms with Gasteiger partial charge < -0.3 is 11.1 Å². The molecule has 4 nitrogen and oxygen atoms in total. The minimum absolute atomic E-state index is 0.410. The fourth-order valence-electron chi connectivity index (χ4n) is 1.84. The lowest BCUT2D eigenvalue weighted by Crippen LogP contribution is -2.14. The Morgan fingerprint density at radius 2 is 1.89 bits per heavy atom. The molecule has 98 valence electrons. The molecule has 0 aliphatic rings. The Balaban J connectivity index is 2.07. The molecule has 0 aliphatic heterocycles. The van der Waals surface area contributed by atoms with Gasteiger partial charge in [-0.25, -0.2) is 0 Å². The number of hydrogen-bond acceptors (Lipinski definition) is 3. The lowest BCUT2D eigenvalue weighted by atomic mass is 10.1. The summed E-state index contributed by atoms with van der Waals surface area (Å²) >= 11 is 0. The van der Waals surface area contributed by atoms with Crippen LogP contribution in [0, 0.1) is 0 Å². The Kier molecular flexibility index (Phi) is 4.13. The molecule has 1 aromatic carbocycles. The molecule has 1 amide bonds. The summed E-state index contributed by atoms with van der Waals surface area (Å²) in [5, 5.41) is 3.21. The van der Waals surface area contributed by atoms with Gasteiger partial charge in [-0.2, -0.15) is 0 Å². The second kappa shape index (κ2) is 6.00. The van der Waals surface area contributed by atoms with Crippen LogP contribution in [0.15, 0.2) is 42.7 Å². The zero-order valence-corrected chi connectivity index (χ0v) is 10.9. The van der Waals surface area contributed by atoms with Crippen LogP contribution in [0.2, 0.25) is 0 Å². The summed E-state index contributed by atoms with van der Waals surface area (Å²) in [6, 6.07) is 10.1. The van der Waals surface area contributed by atoms with Crippen LogP contribution >= 0.6 is 0 Å². The van der Waals surface area contributed by atoms with E-state index < -0.39 is 5.91 Å². The van der Waals surface area contributed by atoms with E-state index >= 15 is 0 Å². The Hall–Kier alpha value is -2.36. The topological polar surface area (TPSA) is 68.0 Å². The van der Waals surface area contributed by atoms with E-state index in [0.717, 1.165) is 12.0 Å². The predicted molar refractivity (Wildman–Crippen MR) is 75.9 cm³/mol. The highest BCUT2D eigenvalue weighted by molar-refractivity contribution is 5.98. The van der Waals surface area contributed by atoms with Crippen LogP contribution in [0.5, 0.6) is 0 Å². The third kappa shape index (κ3) is 3.31. The molecule has 2 aromatic rings. The van der Waals surface area contributed by atoms with E-state index in [2.05, 4.69) is 41.5 Å². The Bertz CT molecular complexity index is 564. The maximum absolute atomic E-state index is 11.3. The van der Waals surface area contributed by atoms with Gasteiger partial charge in [0.05, 0.1) is 11.3 Å². The number of pyridine rings is 1. The summed E-state index contributed by atoms with van der Waals surface area (Å²) < 4.78 is 0. The number of hydrogen-bond donors (Lipinski definition) is 2. The molecule has 0 saturated heterocycles. The van der Waals surface area contributed by atoms with Crippen LogP contribution in [0.3, 0.4) is 0 Å². The molecule has 0 unspecified atom stereocenters. The van der Waals surface area contributed by atoms with Gasteiger partial charge in [-0.1, -0.05) is 31.2 Å². The Morgan fingerprint density at radius 1 is 1.21 bits per heavy atom. The van der Waals surface area contributed by atoms with E-state index in [4.69, 9.17) is 5.73 Å². The number of anilines is 1. The van der Waals surface area contributed by atoms with E-state index in [1.807, 2.05) is 0 Å². The maximum atomic E-state index is 11.3. The van der Waals surface area contributed by atoms with Crippen molar-refractivity contribution in [3.8, 4) is 0 Å². The first-order chi connectivity index (χ1) is 9.20. The molecule has 3 N–H and O–H groups in total. The highest BCUT2D eigenvalue weighted by Gasteiger charge is 2.07. The van der Waals surface area contributed by atoms with Crippen LogP contribution in [-0.2, 0) is 13.0 Å². The van der Waals surface area contributed by atoms with Crippen LogP contribution in [0.25, 0.3) is 0 Å². The Labute approximate surface area is 112 Å². The summed E-state index contributed by atoms with van der Waals surface area (Å²) in [6.45, 7) is 2.78. The van der Waals surface area contributed by atoms with Gasteiger partial charge in [-0.15, -0.1) is 0 Å². The van der Waals surface area contributed by atoms with Crippen molar-refractivity contribution in [2.24, 2.45) is 5.73 Å². The zero-order valence-electron chi connectivity index (χ0n) is 10.9. The van der Waals surface area contributed by atoms with Gasteiger partial charge in [0, 0.05) is 18.9 Å². The smallest absolute Gasteiger partial charge is 0.252 e. The number of nitrogens with two attached hydrogens (primary N) is 1. The van der Waals surface area contributed by atoms with E-state index in [1.54, 1.807) is 12.3 Å². The van der Waals surface area contributed by atoms with E-state index in [0.29, 0.717) is 17.8 Å². The summed E-state index contributed by atoms with van der Waals surface area (Å²) in [6.07, 6.45) is 4.14. The molecule has 0 saturated carbocycles. The number of carbonyl (C=O) groups is 1. The molecule has 0 aliphatic carbocycles. The molecule has 1 aromatic heterocycles. The third-order valence-corrected chi connectivity index (χ3v) is 3.00. The number of primary amides is 1. The van der Waals surface area contributed by atoms with E-state index in [1.165, 1.54) is 11.8 Å². The normalized spacial score (nSPS) is 10.2. The first kappa shape index (κ1) is 13.1. The fraction of sp³-hybridized carbons (Fsp3) is 0.200. The van der Waals surface area contributed by atoms with Gasteiger partial charge in [0.1, 0.15) is 0 Å². The zero-order chi connectivity index (χ0) is 13.7. The maximum Gasteiger partial charge on any atom is 0.252 e. The van der Waals surface area contributed by atoms with Gasteiger partial charge >= 0.3 is 0 Å². The quantitative estimate of drug-likeness (QED) is 0.861. The molecule has 0 atom stereocenters. The molecule has 1 heterocycles. The van der Waals surface area contributed by atoms with Crippen LogP contribution in [0.1, 0.15) is 28.4 Å². The fourth-order valence-corrected chi connectivity index (χ4v) is 1.84. The molecule has 0 bridgehead atoms. The molecule has 0 fully saturated rings. The highest BCUT2D eigenvalue weighted by atomic mass is 16.1. The molecule has 0 radical (unpaired) electrons. The number of amides is 1. The Morgan fingerprint density at radius 3 is 2.53 bits per heavy atom. The first-order valence-electron chi connectivity index (χ1n) is 6.26. The standard InChI is InChI=1S/C15H17N3O/c1-2-11-3-5-12(6-4-11)9-18-14-7-8-17-10-13(14)15(16)19/h3-8,10H,2,9H2,1H3,(H2,16,19)(H,17,18). The lowest BCUT2D eigenvalue weighted by molar-refractivity contribution is 0.100. The van der Waals surface area contributed by atoms with Crippen molar-refractivity contribution >= 4 is 11.6 Å². The van der Waals surface area contributed by atoms with Gasteiger partial charge in [0.15, 0.2) is 0 Å². The van der Waals surface area contributed by atoms with Crippen molar-refractivity contribution in [1.82, 2.24) is 4.98 Å². The third-order valence-electron chi connectivity index (χ3n) is 3.00. The van der Waals surface area contributed by atoms with Crippen LogP contribution < -0.4 is 11.1 Å². The van der Waals surface area contributed by atoms with E-state index in [-0.39, 0.29) is 0 Å². The molecular weight excluding hydrogens is 238 g/mol. The molecule has 19 heavy (non-hydrogen) atoms. The number of carbonyl (C=O) groups excluding carboxylic acids is 1. The molecular formula is C15H17N3O. The summed E-state index contributed by atoms with van der Waals surface area (Å²) in [5.41, 5.74) is 8.89. The van der Waals surface area contributed by atoms with E-state index in [9.17, 15) is 4.79 Å². The van der Waals surface area contributed by atoms with Crippen molar-refractivity contribution in [3.63, 3.8) is 0 Å². The van der Waals surface area contributed by atoms with Gasteiger partial charge in [-0.3, -0.25) is 9.78 Å². The number of nitrogens with one attached hydrogen (secondary N) is 1. The highest BCUT2D eigenvalue weighted by Crippen LogP contribution is 2.14. The van der Waals surface area contributed by atoms with Crippen LogP contribution in [-0.4, -0.2) is 10.9 Å². The largest absolute Gasteiger partial charge is 0.380 e. The summed E-state index contributed by atoms with van der Waals surface area (Å²) in [7, 11) is 0. The van der Waals surface area contributed by atoms with Gasteiger partial charge in [0.25, 0.3) is 5.91 Å². The average Bonchev–Trinajstić information content (AvgIpc) is 2.46. The minimum atomic E-state index is -0.475. The second-order valence-electron chi connectivity index (χ2n) is 4.31. The number of aromatic nitrogens is 1. The van der Waals surface area contributed by atoms with Crippen molar-refractivity contribution in [3.05, 3.63) is 59.4 Å². The van der Waals surface area contributed by atoms with Crippen LogP contribution in [0.4, 0.5) is 5.69 Å². The predicted octanol–water partition coefficient (Wildman–Crippen LogP) is 2.36. The van der Waals surface area contributed by atoms with Crippen molar-refractivity contribution in [1.29, 1.82) is 0 Å². The molecule has 2 rings (SSSR count).